The number of amides is 1. The summed E-state index contributed by atoms with van der Waals surface area (Å²) in [5.41, 5.74) is 1.06. The lowest BCUT2D eigenvalue weighted by atomic mass is 10.1. The first-order chi connectivity index (χ1) is 13.7. The van der Waals surface area contributed by atoms with Crippen molar-refractivity contribution in [3.63, 3.8) is 0 Å². The molecule has 2 aliphatic rings. The summed E-state index contributed by atoms with van der Waals surface area (Å²) in [7, 11) is 0. The van der Waals surface area contributed by atoms with Crippen molar-refractivity contribution in [2.75, 3.05) is 50.7 Å². The maximum absolute atomic E-state index is 13.2. The van der Waals surface area contributed by atoms with Gasteiger partial charge in [0.15, 0.2) is 0 Å². The fourth-order valence-electron chi connectivity index (χ4n) is 4.41. The second-order valence-corrected chi connectivity index (χ2v) is 8.97. The van der Waals surface area contributed by atoms with E-state index in [1.54, 1.807) is 6.33 Å². The predicted molar refractivity (Wildman–Crippen MR) is 115 cm³/mol. The highest BCUT2D eigenvalue weighted by Crippen LogP contribution is 2.36. The Labute approximate surface area is 171 Å². The van der Waals surface area contributed by atoms with E-state index in [1.165, 1.54) is 37.1 Å². The monoisotopic (exact) mass is 401 g/mol. The number of aromatic nitrogens is 2. The fraction of sp³-hybridized carbons (Fsp3) is 0.667. The third-order valence-corrected chi connectivity index (χ3v) is 7.19. The van der Waals surface area contributed by atoms with Crippen LogP contribution in [-0.4, -0.2) is 71.5 Å². The molecule has 0 unspecified atom stereocenters. The second-order valence-electron chi connectivity index (χ2n) is 7.97. The quantitative estimate of drug-likeness (QED) is 0.784. The molecule has 2 fully saturated rings. The highest BCUT2D eigenvalue weighted by molar-refractivity contribution is 7.20. The Kier molecular flexibility index (Phi) is 6.11. The average Bonchev–Trinajstić information content (AvgIpc) is 2.89. The summed E-state index contributed by atoms with van der Waals surface area (Å²) in [4.78, 5) is 31.1. The first-order valence-corrected chi connectivity index (χ1v) is 11.5. The van der Waals surface area contributed by atoms with E-state index in [1.807, 2.05) is 4.90 Å². The number of nitrogens with zero attached hydrogens (tertiary/aromatic N) is 5. The van der Waals surface area contributed by atoms with Crippen LogP contribution < -0.4 is 4.90 Å². The molecule has 0 bridgehead atoms. The molecule has 0 spiro atoms. The van der Waals surface area contributed by atoms with Gasteiger partial charge < -0.3 is 9.80 Å². The van der Waals surface area contributed by atoms with Crippen LogP contribution in [0, 0.1) is 6.92 Å². The molecule has 0 atom stereocenters. The van der Waals surface area contributed by atoms with E-state index in [-0.39, 0.29) is 5.91 Å². The van der Waals surface area contributed by atoms with E-state index in [2.05, 4.69) is 33.6 Å². The van der Waals surface area contributed by atoms with Crippen molar-refractivity contribution in [1.82, 2.24) is 19.8 Å². The van der Waals surface area contributed by atoms with Crippen LogP contribution in [-0.2, 0) is 0 Å². The molecule has 28 heavy (non-hydrogen) atoms. The molecule has 7 heteroatoms. The van der Waals surface area contributed by atoms with Gasteiger partial charge in [-0.2, -0.15) is 0 Å². The topological polar surface area (TPSA) is 52.6 Å². The summed E-state index contributed by atoms with van der Waals surface area (Å²) < 4.78 is 0. The van der Waals surface area contributed by atoms with Gasteiger partial charge in [-0.15, -0.1) is 11.3 Å². The maximum Gasteiger partial charge on any atom is 0.264 e. The zero-order valence-electron chi connectivity index (χ0n) is 17.1. The summed E-state index contributed by atoms with van der Waals surface area (Å²) in [6.07, 6.45) is 7.55. The second kappa shape index (κ2) is 8.74. The molecule has 4 heterocycles. The van der Waals surface area contributed by atoms with Gasteiger partial charge in [-0.25, -0.2) is 9.97 Å². The van der Waals surface area contributed by atoms with E-state index in [0.29, 0.717) is 0 Å². The van der Waals surface area contributed by atoms with Gasteiger partial charge in [0, 0.05) is 39.3 Å². The van der Waals surface area contributed by atoms with Crippen LogP contribution in [0.2, 0.25) is 0 Å². The molecular formula is C21H31N5OS. The van der Waals surface area contributed by atoms with Crippen LogP contribution in [0.5, 0.6) is 0 Å². The van der Waals surface area contributed by atoms with Crippen molar-refractivity contribution in [3.05, 3.63) is 16.8 Å². The number of carbonyl (C=O) groups is 1. The molecule has 2 aliphatic heterocycles. The van der Waals surface area contributed by atoms with Gasteiger partial charge in [0.25, 0.3) is 5.91 Å². The van der Waals surface area contributed by atoms with Crippen molar-refractivity contribution < 1.29 is 4.79 Å². The summed E-state index contributed by atoms with van der Waals surface area (Å²) in [5, 5.41) is 1.08. The molecule has 6 nitrogen and oxygen atoms in total. The number of likely N-dealkylation sites (tertiary alicyclic amines) is 1. The SMILES string of the molecule is CCCN1CCN(c2ncnc3sc(C(=O)N4CCCCCC4)c(C)c23)CC1. The Bertz CT molecular complexity index is 820. The van der Waals surface area contributed by atoms with Crippen LogP contribution in [0.1, 0.15) is 54.3 Å². The molecule has 152 valence electrons. The van der Waals surface area contributed by atoms with Crippen LogP contribution in [0.4, 0.5) is 5.82 Å². The number of hydrogen-bond donors (Lipinski definition) is 0. The largest absolute Gasteiger partial charge is 0.353 e. The molecule has 0 aliphatic carbocycles. The smallest absolute Gasteiger partial charge is 0.264 e. The third kappa shape index (κ3) is 3.87. The van der Waals surface area contributed by atoms with E-state index in [4.69, 9.17) is 0 Å². The molecule has 0 N–H and O–H groups in total. The molecule has 0 aromatic carbocycles. The summed E-state index contributed by atoms with van der Waals surface area (Å²) >= 11 is 1.54. The van der Waals surface area contributed by atoms with Crippen molar-refractivity contribution in [2.45, 2.75) is 46.0 Å². The highest BCUT2D eigenvalue weighted by Gasteiger charge is 2.26. The van der Waals surface area contributed by atoms with Gasteiger partial charge >= 0.3 is 0 Å². The van der Waals surface area contributed by atoms with Gasteiger partial charge in [-0.1, -0.05) is 19.8 Å². The van der Waals surface area contributed by atoms with Crippen molar-refractivity contribution in [2.24, 2.45) is 0 Å². The molecule has 2 saturated heterocycles. The van der Waals surface area contributed by atoms with Crippen LogP contribution in [0.25, 0.3) is 10.2 Å². The van der Waals surface area contributed by atoms with Gasteiger partial charge in [0.05, 0.1) is 10.3 Å². The zero-order valence-corrected chi connectivity index (χ0v) is 17.9. The highest BCUT2D eigenvalue weighted by atomic mass is 32.1. The lowest BCUT2D eigenvalue weighted by Gasteiger charge is -2.35. The van der Waals surface area contributed by atoms with E-state index in [0.717, 1.165) is 78.6 Å². The first kappa shape index (κ1) is 19.6. The van der Waals surface area contributed by atoms with Crippen molar-refractivity contribution >= 4 is 33.3 Å². The van der Waals surface area contributed by atoms with Gasteiger partial charge in [0.2, 0.25) is 0 Å². The molecule has 2 aromatic rings. The Morgan fingerprint density at radius 1 is 1.04 bits per heavy atom. The van der Waals surface area contributed by atoms with Crippen molar-refractivity contribution in [3.8, 4) is 0 Å². The maximum atomic E-state index is 13.2. The average molecular weight is 402 g/mol. The Hall–Kier alpha value is -1.73. The van der Waals surface area contributed by atoms with Crippen LogP contribution >= 0.6 is 11.3 Å². The Morgan fingerprint density at radius 2 is 1.75 bits per heavy atom. The number of fused-ring (bicyclic) bond motifs is 1. The molecule has 0 radical (unpaired) electrons. The molecule has 4 rings (SSSR count). The number of thiophene rings is 1. The summed E-state index contributed by atoms with van der Waals surface area (Å²) in [6, 6.07) is 0. The Morgan fingerprint density at radius 3 is 2.43 bits per heavy atom. The standard InChI is InChI=1S/C21H31N5OS/c1-3-8-24-11-13-25(14-12-24)19-17-16(2)18(28-20(17)23-15-22-19)21(27)26-9-6-4-5-7-10-26/h15H,3-14H2,1-2H3. The summed E-state index contributed by atoms with van der Waals surface area (Å²) in [6.45, 7) is 11.3. The van der Waals surface area contributed by atoms with Gasteiger partial charge in [-0.3, -0.25) is 9.69 Å². The number of piperazine rings is 1. The molecule has 1 amide bonds. The van der Waals surface area contributed by atoms with Crippen molar-refractivity contribution in [1.29, 1.82) is 0 Å². The first-order valence-electron chi connectivity index (χ1n) is 10.7. The number of aryl methyl sites for hydroxylation is 1. The van der Waals surface area contributed by atoms with E-state index in [9.17, 15) is 4.79 Å². The van der Waals surface area contributed by atoms with E-state index < -0.39 is 0 Å². The predicted octanol–water partition coefficient (Wildman–Crippen LogP) is 3.55. The lowest BCUT2D eigenvalue weighted by molar-refractivity contribution is 0.0766. The normalized spacial score (nSPS) is 19.2. The third-order valence-electron chi connectivity index (χ3n) is 6.01. The summed E-state index contributed by atoms with van der Waals surface area (Å²) in [5.74, 6) is 1.19. The van der Waals surface area contributed by atoms with Gasteiger partial charge in [0.1, 0.15) is 17.0 Å². The van der Waals surface area contributed by atoms with Crippen LogP contribution in [0.3, 0.4) is 0 Å². The number of anilines is 1. The molecule has 0 saturated carbocycles. The van der Waals surface area contributed by atoms with Crippen LogP contribution in [0.15, 0.2) is 6.33 Å². The number of carbonyl (C=O) groups excluding carboxylic acids is 1. The Balaban J connectivity index is 1.61. The number of hydrogen-bond acceptors (Lipinski definition) is 6. The minimum atomic E-state index is 0.182. The minimum Gasteiger partial charge on any atom is -0.353 e. The zero-order chi connectivity index (χ0) is 19.5. The fourth-order valence-corrected chi connectivity index (χ4v) is 5.52. The molecular weight excluding hydrogens is 370 g/mol. The van der Waals surface area contributed by atoms with Gasteiger partial charge in [-0.05, 0) is 38.3 Å². The lowest BCUT2D eigenvalue weighted by Crippen LogP contribution is -2.46. The number of rotatable bonds is 4. The minimum absolute atomic E-state index is 0.182. The molecule has 2 aromatic heterocycles. The van der Waals surface area contributed by atoms with E-state index >= 15 is 0 Å².